The monoisotopic (exact) mass is 720 g/mol. The second-order valence-electron chi connectivity index (χ2n) is 12.5. The van der Waals surface area contributed by atoms with E-state index in [1.807, 2.05) is 36.5 Å². The van der Waals surface area contributed by atoms with Gasteiger partial charge in [-0.1, -0.05) is 95.1 Å². The maximum Gasteiger partial charge on any atom is 0.230 e. The van der Waals surface area contributed by atoms with Crippen LogP contribution in [-0.2, 0) is 31.9 Å². The fourth-order valence-corrected chi connectivity index (χ4v) is 5.05. The van der Waals surface area contributed by atoms with Gasteiger partial charge in [-0.05, 0) is 51.4 Å². The number of pyridine rings is 1. The van der Waals surface area contributed by atoms with Crippen LogP contribution >= 0.6 is 0 Å². The molecule has 0 aliphatic rings. The third kappa shape index (κ3) is 5.46. The van der Waals surface area contributed by atoms with Gasteiger partial charge in [0, 0.05) is 33.0 Å². The van der Waals surface area contributed by atoms with Crippen LogP contribution in [0.2, 0.25) is 0 Å². The average molecular weight is 721 g/mol. The minimum Gasteiger partial charge on any atom is -0.507 e. The summed E-state index contributed by atoms with van der Waals surface area (Å²) in [5.41, 5.74) is 7.81. The van der Waals surface area contributed by atoms with Crippen molar-refractivity contribution in [2.24, 2.45) is 0 Å². The molecular formula is C36H33N2O2Pt-. The van der Waals surface area contributed by atoms with Gasteiger partial charge in [0.1, 0.15) is 11.3 Å². The molecule has 0 radical (unpaired) electrons. The van der Waals surface area contributed by atoms with Crippen molar-refractivity contribution in [2.75, 3.05) is 0 Å². The standard InChI is InChI=1S/C36H33N2O2.Pt/c1-35(2,3)25-18-23(17-24(19-25)32-27-12-8-7-11-22(27)15-16-37-32)29-20-26(36(4,5)6)21-31-33(29)38-34(40-31)28-13-9-10-14-30(28)39;/h7-16,18-21,39H,1-6H3;/q-1;. The van der Waals surface area contributed by atoms with Crippen LogP contribution in [0.4, 0.5) is 0 Å². The Morgan fingerprint density at radius 1 is 0.732 bits per heavy atom. The number of phenolic OH excluding ortho intramolecular Hbond substituents is 1. The van der Waals surface area contributed by atoms with Crippen LogP contribution in [0.25, 0.3) is 55.7 Å². The smallest absolute Gasteiger partial charge is 0.230 e. The average Bonchev–Trinajstić information content (AvgIpc) is 3.35. The molecule has 0 unspecified atom stereocenters. The summed E-state index contributed by atoms with van der Waals surface area (Å²) < 4.78 is 6.31. The summed E-state index contributed by atoms with van der Waals surface area (Å²) in [5.74, 6) is 0.528. The number of aromatic nitrogens is 2. The first-order valence-corrected chi connectivity index (χ1v) is 13.6. The minimum atomic E-state index is -0.119. The molecule has 6 aromatic rings. The number of nitrogens with zero attached hydrogens (tertiary/aromatic N) is 2. The molecule has 210 valence electrons. The second-order valence-corrected chi connectivity index (χ2v) is 12.5. The molecular weight excluding hydrogens is 687 g/mol. The van der Waals surface area contributed by atoms with Gasteiger partial charge in [-0.2, -0.15) is 0 Å². The topological polar surface area (TPSA) is 59.2 Å². The summed E-state index contributed by atoms with van der Waals surface area (Å²) in [6, 6.07) is 29.9. The molecule has 0 aliphatic heterocycles. The third-order valence-electron chi connectivity index (χ3n) is 7.45. The van der Waals surface area contributed by atoms with E-state index in [9.17, 15) is 5.11 Å². The van der Waals surface area contributed by atoms with Gasteiger partial charge in [0.05, 0.1) is 11.1 Å². The molecule has 0 saturated heterocycles. The molecule has 0 bridgehead atoms. The summed E-state index contributed by atoms with van der Waals surface area (Å²) in [6.07, 6.45) is 1.86. The zero-order valence-corrected chi connectivity index (χ0v) is 26.4. The number of hydrogen-bond donors (Lipinski definition) is 1. The van der Waals surface area contributed by atoms with E-state index in [4.69, 9.17) is 14.4 Å². The summed E-state index contributed by atoms with van der Waals surface area (Å²) in [4.78, 5) is 9.74. The molecule has 5 heteroatoms. The van der Waals surface area contributed by atoms with Crippen LogP contribution in [0.3, 0.4) is 0 Å². The SMILES string of the molecule is CC(C)(C)c1cc(-c2nccc3ccccc23)[c-]c(-c2cc(C(C)(C)C)cc3oc(-c4ccccc4O)nc23)c1.[Pt]. The van der Waals surface area contributed by atoms with Crippen LogP contribution in [0.1, 0.15) is 52.7 Å². The van der Waals surface area contributed by atoms with Crippen molar-refractivity contribution >= 4 is 21.9 Å². The van der Waals surface area contributed by atoms with E-state index in [1.165, 1.54) is 5.56 Å². The van der Waals surface area contributed by atoms with Crippen molar-refractivity contribution in [3.8, 4) is 39.6 Å². The molecule has 41 heavy (non-hydrogen) atoms. The Kier molecular flexibility index (Phi) is 7.42. The molecule has 0 aliphatic carbocycles. The number of fused-ring (bicyclic) bond motifs is 2. The van der Waals surface area contributed by atoms with Crippen molar-refractivity contribution in [3.05, 3.63) is 102 Å². The van der Waals surface area contributed by atoms with Crippen LogP contribution in [0, 0.1) is 6.07 Å². The van der Waals surface area contributed by atoms with E-state index >= 15 is 0 Å². The normalized spacial score (nSPS) is 12.0. The molecule has 0 saturated carbocycles. The fourth-order valence-electron chi connectivity index (χ4n) is 5.05. The van der Waals surface area contributed by atoms with E-state index < -0.39 is 0 Å². The van der Waals surface area contributed by atoms with Crippen LogP contribution in [0.5, 0.6) is 5.75 Å². The number of oxazole rings is 1. The Labute approximate surface area is 255 Å². The van der Waals surface area contributed by atoms with Crippen molar-refractivity contribution in [2.45, 2.75) is 52.4 Å². The molecule has 4 nitrogen and oxygen atoms in total. The Hall–Kier alpha value is -3.75. The number of rotatable bonds is 3. The van der Waals surface area contributed by atoms with Crippen LogP contribution in [0.15, 0.2) is 89.5 Å². The first-order chi connectivity index (χ1) is 19.0. The summed E-state index contributed by atoms with van der Waals surface area (Å²) in [6.45, 7) is 13.2. The number of para-hydroxylation sites is 1. The van der Waals surface area contributed by atoms with E-state index in [0.29, 0.717) is 17.0 Å². The van der Waals surface area contributed by atoms with Crippen molar-refractivity contribution in [3.63, 3.8) is 0 Å². The predicted molar refractivity (Wildman–Crippen MR) is 164 cm³/mol. The molecule has 0 amide bonds. The number of benzene rings is 4. The summed E-state index contributed by atoms with van der Waals surface area (Å²) in [7, 11) is 0. The van der Waals surface area contributed by atoms with Gasteiger partial charge in [-0.25, -0.2) is 4.98 Å². The zero-order valence-electron chi connectivity index (χ0n) is 24.1. The Morgan fingerprint density at radius 3 is 2.12 bits per heavy atom. The van der Waals surface area contributed by atoms with Crippen molar-refractivity contribution in [1.29, 1.82) is 0 Å². The van der Waals surface area contributed by atoms with E-state index in [-0.39, 0.29) is 37.6 Å². The molecule has 6 rings (SSSR count). The molecule has 2 aromatic heterocycles. The molecule has 0 atom stereocenters. The van der Waals surface area contributed by atoms with Gasteiger partial charge in [-0.15, -0.1) is 29.3 Å². The van der Waals surface area contributed by atoms with Gasteiger partial charge < -0.3 is 9.52 Å². The number of aromatic hydroxyl groups is 1. The predicted octanol–water partition coefficient (Wildman–Crippen LogP) is 9.48. The maximum absolute atomic E-state index is 10.5. The fraction of sp³-hybridized carbons (Fsp3) is 0.222. The van der Waals surface area contributed by atoms with E-state index in [1.54, 1.807) is 12.1 Å². The first-order valence-electron chi connectivity index (χ1n) is 13.6. The number of hydrogen-bond acceptors (Lipinski definition) is 4. The first kappa shape index (κ1) is 28.8. The molecule has 2 heterocycles. The third-order valence-corrected chi connectivity index (χ3v) is 7.45. The number of phenols is 1. The quantitative estimate of drug-likeness (QED) is 0.185. The van der Waals surface area contributed by atoms with Crippen molar-refractivity contribution < 1.29 is 30.6 Å². The van der Waals surface area contributed by atoms with Gasteiger partial charge in [-0.3, -0.25) is 4.98 Å². The summed E-state index contributed by atoms with van der Waals surface area (Å²) >= 11 is 0. The van der Waals surface area contributed by atoms with Crippen LogP contribution < -0.4 is 0 Å². The zero-order chi connectivity index (χ0) is 28.2. The Balaban J connectivity index is 0.00000337. The van der Waals surface area contributed by atoms with Gasteiger partial charge in [0.15, 0.2) is 0 Å². The largest absolute Gasteiger partial charge is 0.507 e. The Bertz CT molecular complexity index is 1890. The summed E-state index contributed by atoms with van der Waals surface area (Å²) in [5, 5.41) is 12.8. The van der Waals surface area contributed by atoms with E-state index in [2.05, 4.69) is 84.0 Å². The van der Waals surface area contributed by atoms with Gasteiger partial charge in [0.25, 0.3) is 0 Å². The molecule has 4 aromatic carbocycles. The van der Waals surface area contributed by atoms with E-state index in [0.717, 1.165) is 44.2 Å². The Morgan fingerprint density at radius 2 is 1.39 bits per heavy atom. The molecule has 0 fully saturated rings. The van der Waals surface area contributed by atoms with Gasteiger partial charge in [0.2, 0.25) is 5.89 Å². The minimum absolute atomic E-state index is 0. The molecule has 1 N–H and O–H groups in total. The second kappa shape index (κ2) is 10.6. The van der Waals surface area contributed by atoms with Crippen molar-refractivity contribution in [1.82, 2.24) is 9.97 Å². The van der Waals surface area contributed by atoms with Crippen LogP contribution in [-0.4, -0.2) is 15.1 Å². The maximum atomic E-state index is 10.5. The van der Waals surface area contributed by atoms with Gasteiger partial charge >= 0.3 is 0 Å². The molecule has 0 spiro atoms.